The van der Waals surface area contributed by atoms with Crippen molar-refractivity contribution >= 4 is 17.4 Å². The van der Waals surface area contributed by atoms with Gasteiger partial charge in [0.1, 0.15) is 0 Å². The van der Waals surface area contributed by atoms with Crippen LogP contribution in [0, 0.1) is 0 Å². The first-order valence-corrected chi connectivity index (χ1v) is 6.33. The Kier molecular flexibility index (Phi) is 4.05. The van der Waals surface area contributed by atoms with Gasteiger partial charge < -0.3 is 15.5 Å². The molecule has 0 aromatic carbocycles. The minimum atomic E-state index is 0.319. The molecule has 0 aliphatic rings. The third-order valence-corrected chi connectivity index (χ3v) is 3.26. The van der Waals surface area contributed by atoms with Crippen LogP contribution in [0.3, 0.4) is 0 Å². The number of aromatic nitrogens is 3. The number of thiazole rings is 1. The van der Waals surface area contributed by atoms with Gasteiger partial charge in [-0.15, -0.1) is 16.4 Å². The average Bonchev–Trinajstić information content (AvgIpc) is 2.97. The largest absolute Gasteiger partial charge is 0.408 e. The van der Waals surface area contributed by atoms with Gasteiger partial charge in [-0.05, 0) is 0 Å². The molecule has 2 aromatic rings. The van der Waals surface area contributed by atoms with Gasteiger partial charge in [-0.3, -0.25) is 0 Å². The summed E-state index contributed by atoms with van der Waals surface area (Å²) in [5.41, 5.74) is 5.40. The number of rotatable bonds is 6. The van der Waals surface area contributed by atoms with Crippen LogP contribution in [-0.4, -0.2) is 28.3 Å². The van der Waals surface area contributed by atoms with Gasteiger partial charge >= 0.3 is 6.01 Å². The summed E-state index contributed by atoms with van der Waals surface area (Å²) in [5.74, 6) is 0.886. The van der Waals surface area contributed by atoms with Crippen molar-refractivity contribution < 1.29 is 4.42 Å². The molecule has 6 nitrogen and oxygen atoms in total. The topological polar surface area (TPSA) is 89.9 Å². The molecule has 92 valence electrons. The van der Waals surface area contributed by atoms with Crippen LogP contribution in [0.5, 0.6) is 0 Å². The maximum Gasteiger partial charge on any atom is 0.315 e. The van der Waals surface area contributed by atoms with Gasteiger partial charge in [0.25, 0.3) is 0 Å². The summed E-state index contributed by atoms with van der Waals surface area (Å²) in [6, 6.07) is 0.442. The van der Waals surface area contributed by atoms with E-state index < -0.39 is 0 Å². The second-order valence-corrected chi connectivity index (χ2v) is 4.62. The summed E-state index contributed by atoms with van der Waals surface area (Å²) in [5, 5.41) is 13.9. The van der Waals surface area contributed by atoms with Crippen LogP contribution in [0.2, 0.25) is 0 Å². The number of hydrogen-bond acceptors (Lipinski definition) is 7. The van der Waals surface area contributed by atoms with Crippen molar-refractivity contribution in [2.75, 3.05) is 18.4 Å². The maximum atomic E-state index is 5.40. The van der Waals surface area contributed by atoms with E-state index in [0.717, 1.165) is 11.6 Å². The molecule has 7 heteroatoms. The molecule has 0 aliphatic heterocycles. The fraction of sp³-hybridized carbons (Fsp3) is 0.500. The lowest BCUT2D eigenvalue weighted by molar-refractivity contribution is 0.504. The fourth-order valence-electron chi connectivity index (χ4n) is 1.36. The average molecular weight is 253 g/mol. The molecule has 0 radical (unpaired) electrons. The summed E-state index contributed by atoms with van der Waals surface area (Å²) in [4.78, 5) is 4.26. The van der Waals surface area contributed by atoms with Gasteiger partial charge in [-0.25, -0.2) is 4.98 Å². The monoisotopic (exact) mass is 253 g/mol. The highest BCUT2D eigenvalue weighted by atomic mass is 32.1. The Labute approximate surface area is 103 Å². The number of nitrogens with one attached hydrogen (secondary N) is 1. The Morgan fingerprint density at radius 3 is 3.12 bits per heavy atom. The number of hydrogen-bond donors (Lipinski definition) is 2. The summed E-state index contributed by atoms with van der Waals surface area (Å²) >= 11 is 1.65. The zero-order valence-electron chi connectivity index (χ0n) is 9.59. The Hall–Kier alpha value is -1.47. The molecular weight excluding hydrogens is 238 g/mol. The van der Waals surface area contributed by atoms with Crippen LogP contribution in [-0.2, 0) is 6.42 Å². The van der Waals surface area contributed by atoms with Crippen molar-refractivity contribution in [3.05, 3.63) is 22.5 Å². The summed E-state index contributed by atoms with van der Waals surface area (Å²) in [7, 11) is 0. The van der Waals surface area contributed by atoms with Crippen LogP contribution in [0.4, 0.5) is 6.01 Å². The number of anilines is 1. The lowest BCUT2D eigenvalue weighted by Crippen LogP contribution is -2.09. The zero-order valence-corrected chi connectivity index (χ0v) is 10.4. The first-order chi connectivity index (χ1) is 8.29. The third-order valence-electron chi connectivity index (χ3n) is 2.26. The first kappa shape index (κ1) is 12.0. The molecule has 0 amide bonds. The van der Waals surface area contributed by atoms with E-state index in [1.807, 2.05) is 11.6 Å². The Morgan fingerprint density at radius 1 is 1.53 bits per heavy atom. The van der Waals surface area contributed by atoms with E-state index in [1.54, 1.807) is 11.3 Å². The molecule has 2 rings (SSSR count). The maximum absolute atomic E-state index is 5.40. The summed E-state index contributed by atoms with van der Waals surface area (Å²) in [6.07, 6.45) is 2.42. The molecule has 1 unspecified atom stereocenters. The van der Waals surface area contributed by atoms with E-state index in [-0.39, 0.29) is 0 Å². The standard InChI is InChI=1S/C10H15N5OS/c1-7(9-12-4-5-17-9)6-13-10-15-14-8(16-10)2-3-11/h4-5,7H,2-3,6,11H2,1H3,(H,13,15). The van der Waals surface area contributed by atoms with Crippen molar-refractivity contribution in [2.24, 2.45) is 5.73 Å². The molecule has 0 saturated carbocycles. The van der Waals surface area contributed by atoms with Crippen LogP contribution in [0.25, 0.3) is 0 Å². The Balaban J connectivity index is 1.84. The smallest absolute Gasteiger partial charge is 0.315 e. The van der Waals surface area contributed by atoms with Crippen molar-refractivity contribution in [1.82, 2.24) is 15.2 Å². The number of nitrogens with zero attached hydrogens (tertiary/aromatic N) is 3. The molecule has 17 heavy (non-hydrogen) atoms. The van der Waals surface area contributed by atoms with Crippen LogP contribution in [0.1, 0.15) is 23.7 Å². The normalized spacial score (nSPS) is 12.6. The highest BCUT2D eigenvalue weighted by Crippen LogP contribution is 2.18. The predicted octanol–water partition coefficient (Wildman–Crippen LogP) is 1.24. The van der Waals surface area contributed by atoms with E-state index in [0.29, 0.717) is 30.8 Å². The molecule has 2 aromatic heterocycles. The van der Waals surface area contributed by atoms with Gasteiger partial charge in [0.2, 0.25) is 5.89 Å². The molecule has 0 aliphatic carbocycles. The van der Waals surface area contributed by atoms with Crippen molar-refractivity contribution in [2.45, 2.75) is 19.3 Å². The molecule has 3 N–H and O–H groups in total. The van der Waals surface area contributed by atoms with Gasteiger partial charge in [-0.2, -0.15) is 0 Å². The van der Waals surface area contributed by atoms with E-state index in [9.17, 15) is 0 Å². The van der Waals surface area contributed by atoms with Crippen molar-refractivity contribution in [3.63, 3.8) is 0 Å². The second-order valence-electron chi connectivity index (χ2n) is 3.69. The van der Waals surface area contributed by atoms with Crippen molar-refractivity contribution in [1.29, 1.82) is 0 Å². The molecule has 0 saturated heterocycles. The first-order valence-electron chi connectivity index (χ1n) is 5.45. The van der Waals surface area contributed by atoms with Crippen LogP contribution < -0.4 is 11.1 Å². The number of nitrogens with two attached hydrogens (primary N) is 1. The molecular formula is C10H15N5OS. The van der Waals surface area contributed by atoms with E-state index >= 15 is 0 Å². The summed E-state index contributed by atoms with van der Waals surface area (Å²) < 4.78 is 5.36. The predicted molar refractivity (Wildman–Crippen MR) is 66.1 cm³/mol. The minimum Gasteiger partial charge on any atom is -0.408 e. The van der Waals surface area contributed by atoms with E-state index in [4.69, 9.17) is 10.2 Å². The van der Waals surface area contributed by atoms with E-state index in [1.165, 1.54) is 0 Å². The van der Waals surface area contributed by atoms with Crippen LogP contribution in [0.15, 0.2) is 16.0 Å². The molecule has 2 heterocycles. The molecule has 0 bridgehead atoms. The quantitative estimate of drug-likeness (QED) is 0.805. The zero-order chi connectivity index (χ0) is 12.1. The van der Waals surface area contributed by atoms with Gasteiger partial charge in [-0.1, -0.05) is 12.0 Å². The van der Waals surface area contributed by atoms with E-state index in [2.05, 4.69) is 27.4 Å². The fourth-order valence-corrected chi connectivity index (χ4v) is 2.05. The van der Waals surface area contributed by atoms with Gasteiger partial charge in [0, 0.05) is 37.0 Å². The minimum absolute atomic E-state index is 0.319. The van der Waals surface area contributed by atoms with Crippen LogP contribution >= 0.6 is 11.3 Å². The van der Waals surface area contributed by atoms with Gasteiger partial charge in [0.15, 0.2) is 0 Å². The molecule has 1 atom stereocenters. The SMILES string of the molecule is CC(CNc1nnc(CCN)o1)c1nccs1. The second kappa shape index (κ2) is 5.74. The van der Waals surface area contributed by atoms with Gasteiger partial charge in [0.05, 0.1) is 5.01 Å². The van der Waals surface area contributed by atoms with Crippen molar-refractivity contribution in [3.8, 4) is 0 Å². The third kappa shape index (κ3) is 3.24. The Morgan fingerprint density at radius 2 is 2.41 bits per heavy atom. The molecule has 0 fully saturated rings. The molecule has 0 spiro atoms. The highest BCUT2D eigenvalue weighted by molar-refractivity contribution is 7.09. The summed E-state index contributed by atoms with van der Waals surface area (Å²) in [6.45, 7) is 3.33. The lowest BCUT2D eigenvalue weighted by Gasteiger charge is -2.07. The lowest BCUT2D eigenvalue weighted by atomic mass is 10.2. The Bertz CT molecular complexity index is 441. The highest BCUT2D eigenvalue weighted by Gasteiger charge is 2.10.